The number of halogens is 2. The lowest BCUT2D eigenvalue weighted by Crippen LogP contribution is -2.39. The fourth-order valence-electron chi connectivity index (χ4n) is 4.63. The van der Waals surface area contributed by atoms with E-state index in [2.05, 4.69) is 27.5 Å². The summed E-state index contributed by atoms with van der Waals surface area (Å²) in [5.41, 5.74) is 3.11. The van der Waals surface area contributed by atoms with Gasteiger partial charge in [0.15, 0.2) is 4.80 Å². The predicted molar refractivity (Wildman–Crippen MR) is 172 cm³/mol. The molecule has 0 aliphatic carbocycles. The standard InChI is InChI=1S/C33H28BrClN2O5S/c1-4-16-41-25-13-9-23(10-14-25)30-29(32(39)40-5-2)20(3)36-33-37(30)31(38)28(43-33)18-22-8-15-27(26(34)17-22)42-19-21-6-11-24(35)12-7-21/h4,6-15,17-18,30H,1,5,16,19H2,2-3H3/b28-18-/t30-/m1/s1. The number of aromatic nitrogens is 1. The first kappa shape index (κ1) is 30.5. The van der Waals surface area contributed by atoms with Gasteiger partial charge in [-0.15, -0.1) is 0 Å². The van der Waals surface area contributed by atoms with Crippen molar-refractivity contribution >= 4 is 50.9 Å². The second kappa shape index (κ2) is 13.6. The van der Waals surface area contributed by atoms with Crippen LogP contribution >= 0.6 is 38.9 Å². The molecule has 43 heavy (non-hydrogen) atoms. The van der Waals surface area contributed by atoms with Crippen molar-refractivity contribution in [3.05, 3.63) is 137 Å². The molecule has 0 radical (unpaired) electrons. The minimum Gasteiger partial charge on any atom is -0.490 e. The van der Waals surface area contributed by atoms with Crippen molar-refractivity contribution < 1.29 is 19.0 Å². The van der Waals surface area contributed by atoms with E-state index < -0.39 is 12.0 Å². The van der Waals surface area contributed by atoms with E-state index in [4.69, 9.17) is 25.8 Å². The van der Waals surface area contributed by atoms with Gasteiger partial charge in [0, 0.05) is 5.02 Å². The van der Waals surface area contributed by atoms with Crippen molar-refractivity contribution in [3.63, 3.8) is 0 Å². The summed E-state index contributed by atoms with van der Waals surface area (Å²) >= 11 is 10.8. The Morgan fingerprint density at radius 2 is 1.86 bits per heavy atom. The van der Waals surface area contributed by atoms with Crippen LogP contribution in [0.15, 0.2) is 105 Å². The third-order valence-electron chi connectivity index (χ3n) is 6.64. The van der Waals surface area contributed by atoms with Crippen molar-refractivity contribution in [3.8, 4) is 11.5 Å². The molecule has 0 spiro atoms. The molecule has 0 amide bonds. The molecular weight excluding hydrogens is 652 g/mol. The molecule has 1 aliphatic rings. The largest absolute Gasteiger partial charge is 0.490 e. The molecule has 10 heteroatoms. The fraction of sp³-hybridized carbons (Fsp3) is 0.182. The molecule has 0 bridgehead atoms. The van der Waals surface area contributed by atoms with Gasteiger partial charge in [-0.2, -0.15) is 0 Å². The average Bonchev–Trinajstić information content (AvgIpc) is 3.30. The molecule has 1 aromatic heterocycles. The van der Waals surface area contributed by atoms with Crippen molar-refractivity contribution in [2.24, 2.45) is 4.99 Å². The molecule has 0 N–H and O–H groups in total. The molecule has 7 nitrogen and oxygen atoms in total. The third kappa shape index (κ3) is 6.85. The summed E-state index contributed by atoms with van der Waals surface area (Å²) in [6, 6.07) is 19.7. The smallest absolute Gasteiger partial charge is 0.338 e. The Morgan fingerprint density at radius 1 is 1.12 bits per heavy atom. The SMILES string of the molecule is C=CCOc1ccc([C@@H]2C(C(=O)OCC)=C(C)N=c3s/c(=C\c4ccc(OCc5ccc(Cl)cc5)c(Br)c4)c(=O)n32)cc1. The number of benzene rings is 3. The van der Waals surface area contributed by atoms with Gasteiger partial charge in [0.1, 0.15) is 24.7 Å². The van der Waals surface area contributed by atoms with Crippen LogP contribution in [0.4, 0.5) is 0 Å². The van der Waals surface area contributed by atoms with Gasteiger partial charge in [-0.25, -0.2) is 9.79 Å². The van der Waals surface area contributed by atoms with Crippen molar-refractivity contribution in [1.29, 1.82) is 0 Å². The summed E-state index contributed by atoms with van der Waals surface area (Å²) in [4.78, 5) is 32.2. The van der Waals surface area contributed by atoms with E-state index in [1.165, 1.54) is 11.3 Å². The number of esters is 1. The van der Waals surface area contributed by atoms with Gasteiger partial charge in [-0.3, -0.25) is 9.36 Å². The van der Waals surface area contributed by atoms with Crippen molar-refractivity contribution in [2.75, 3.05) is 13.2 Å². The van der Waals surface area contributed by atoms with Crippen LogP contribution in [-0.2, 0) is 16.1 Å². The van der Waals surface area contributed by atoms with Crippen molar-refractivity contribution in [1.82, 2.24) is 4.57 Å². The summed E-state index contributed by atoms with van der Waals surface area (Å²) in [5, 5.41) is 0.671. The van der Waals surface area contributed by atoms with E-state index in [9.17, 15) is 9.59 Å². The molecule has 0 fully saturated rings. The van der Waals surface area contributed by atoms with Gasteiger partial charge in [0.25, 0.3) is 5.56 Å². The first-order valence-corrected chi connectivity index (χ1v) is 15.5. The summed E-state index contributed by atoms with van der Waals surface area (Å²) in [6.45, 7) is 8.14. The van der Waals surface area contributed by atoms with Crippen LogP contribution in [0.5, 0.6) is 11.5 Å². The Kier molecular flexibility index (Phi) is 9.65. The Bertz CT molecular complexity index is 1880. The van der Waals surface area contributed by atoms with Gasteiger partial charge in [0.05, 0.1) is 32.9 Å². The minimum atomic E-state index is -0.707. The highest BCUT2D eigenvalue weighted by Gasteiger charge is 2.33. The second-order valence-corrected chi connectivity index (χ2v) is 11.9. The number of hydrogen-bond acceptors (Lipinski definition) is 7. The van der Waals surface area contributed by atoms with Crippen LogP contribution in [0.25, 0.3) is 6.08 Å². The first-order chi connectivity index (χ1) is 20.8. The van der Waals surface area contributed by atoms with Gasteiger partial charge in [0.2, 0.25) is 0 Å². The Morgan fingerprint density at radius 3 is 2.53 bits per heavy atom. The van der Waals surface area contributed by atoms with Crippen LogP contribution in [0.2, 0.25) is 5.02 Å². The maximum atomic E-state index is 13.9. The second-order valence-electron chi connectivity index (χ2n) is 9.58. The van der Waals surface area contributed by atoms with E-state index in [1.54, 1.807) is 36.6 Å². The number of rotatable bonds is 10. The predicted octanol–water partition coefficient (Wildman–Crippen LogP) is 6.36. The molecule has 0 saturated heterocycles. The highest BCUT2D eigenvalue weighted by atomic mass is 79.9. The van der Waals surface area contributed by atoms with Gasteiger partial charge in [-0.05, 0) is 88.9 Å². The maximum Gasteiger partial charge on any atom is 0.338 e. The van der Waals surface area contributed by atoms with Crippen LogP contribution in [0.3, 0.4) is 0 Å². The van der Waals surface area contributed by atoms with Gasteiger partial charge >= 0.3 is 5.97 Å². The lowest BCUT2D eigenvalue weighted by atomic mass is 9.96. The van der Waals surface area contributed by atoms with Crippen LogP contribution in [0, 0.1) is 0 Å². The summed E-state index contributed by atoms with van der Waals surface area (Å²) in [5.74, 6) is 0.817. The number of carbonyl (C=O) groups is 1. The molecule has 1 atom stereocenters. The summed E-state index contributed by atoms with van der Waals surface area (Å²) < 4.78 is 19.8. The fourth-order valence-corrected chi connectivity index (χ4v) is 6.31. The zero-order valence-electron chi connectivity index (χ0n) is 23.5. The topological polar surface area (TPSA) is 79.1 Å². The molecule has 0 saturated carbocycles. The zero-order valence-corrected chi connectivity index (χ0v) is 26.7. The molecule has 2 heterocycles. The normalized spacial score (nSPS) is 14.6. The van der Waals surface area contributed by atoms with Crippen molar-refractivity contribution in [2.45, 2.75) is 26.5 Å². The summed E-state index contributed by atoms with van der Waals surface area (Å²) in [6.07, 6.45) is 3.47. The Balaban J connectivity index is 1.50. The zero-order chi connectivity index (χ0) is 30.5. The monoisotopic (exact) mass is 678 g/mol. The number of thiazole rings is 1. The first-order valence-electron chi connectivity index (χ1n) is 13.5. The van der Waals surface area contributed by atoms with E-state index in [0.717, 1.165) is 21.2 Å². The quantitative estimate of drug-likeness (QED) is 0.144. The molecular formula is C33H28BrClN2O5S. The van der Waals surface area contributed by atoms with E-state index in [1.807, 2.05) is 60.7 Å². The highest BCUT2D eigenvalue weighted by Crippen LogP contribution is 2.32. The molecule has 0 unspecified atom stereocenters. The number of allylic oxidation sites excluding steroid dienone is 1. The number of ether oxygens (including phenoxy) is 3. The maximum absolute atomic E-state index is 13.9. The van der Waals surface area contributed by atoms with Crippen LogP contribution < -0.4 is 24.4 Å². The number of nitrogens with zero attached hydrogens (tertiary/aromatic N) is 2. The average molecular weight is 680 g/mol. The van der Waals surface area contributed by atoms with E-state index in [-0.39, 0.29) is 12.2 Å². The summed E-state index contributed by atoms with van der Waals surface area (Å²) in [7, 11) is 0. The Labute approximate surface area is 266 Å². The number of fused-ring (bicyclic) bond motifs is 1. The minimum absolute atomic E-state index is 0.204. The van der Waals surface area contributed by atoms with Crippen LogP contribution in [-0.4, -0.2) is 23.8 Å². The van der Waals surface area contributed by atoms with Crippen LogP contribution in [0.1, 0.15) is 36.6 Å². The van der Waals surface area contributed by atoms with E-state index >= 15 is 0 Å². The number of hydrogen-bond donors (Lipinski definition) is 0. The molecule has 4 aromatic rings. The van der Waals surface area contributed by atoms with E-state index in [0.29, 0.717) is 50.3 Å². The highest BCUT2D eigenvalue weighted by molar-refractivity contribution is 9.10. The lowest BCUT2D eigenvalue weighted by molar-refractivity contribution is -0.139. The third-order valence-corrected chi connectivity index (χ3v) is 8.50. The number of carbonyl (C=O) groups excluding carboxylic acids is 1. The van der Waals surface area contributed by atoms with Gasteiger partial charge in [-0.1, -0.05) is 65.9 Å². The molecule has 5 rings (SSSR count). The molecule has 3 aromatic carbocycles. The molecule has 220 valence electrons. The van der Waals surface area contributed by atoms with Gasteiger partial charge < -0.3 is 14.2 Å². The Hall–Kier alpha value is -3.92. The molecule has 1 aliphatic heterocycles. The lowest BCUT2D eigenvalue weighted by Gasteiger charge is -2.24.